The number of benzene rings is 2. The van der Waals surface area contributed by atoms with Gasteiger partial charge in [-0.2, -0.15) is 0 Å². The number of nitrogens with one attached hydrogen (secondary N) is 1. The average Bonchev–Trinajstić information content (AvgIpc) is 2.86. The normalized spacial score (nSPS) is 12.4. The van der Waals surface area contributed by atoms with Crippen molar-refractivity contribution < 1.29 is 0 Å². The van der Waals surface area contributed by atoms with Gasteiger partial charge in [0.2, 0.25) is 0 Å². The minimum Gasteiger partial charge on any atom is -0.341 e. The average molecular weight is 294 g/mol. The molecule has 0 unspecified atom stereocenters. The summed E-state index contributed by atoms with van der Waals surface area (Å²) < 4.78 is 2.40. The molecule has 3 rings (SSSR count). The van der Waals surface area contributed by atoms with Gasteiger partial charge < -0.3 is 9.88 Å². The van der Waals surface area contributed by atoms with Crippen LogP contribution in [0.2, 0.25) is 0 Å². The van der Waals surface area contributed by atoms with Crippen molar-refractivity contribution in [3.63, 3.8) is 0 Å². The molecular formula is C20H26N2. The minimum atomic E-state index is 0.187. The van der Waals surface area contributed by atoms with Gasteiger partial charge in [-0.3, -0.25) is 0 Å². The zero-order valence-electron chi connectivity index (χ0n) is 14.1. The Morgan fingerprint density at radius 3 is 2.41 bits per heavy atom. The molecule has 1 aromatic heterocycles. The van der Waals surface area contributed by atoms with E-state index in [4.69, 9.17) is 0 Å². The van der Waals surface area contributed by atoms with Gasteiger partial charge in [0.25, 0.3) is 0 Å². The van der Waals surface area contributed by atoms with Gasteiger partial charge >= 0.3 is 0 Å². The second kappa shape index (κ2) is 5.77. The standard InChI is InChI=1S/C20H26N2/c1-5-20(3,4)21-14-15-11-12-19-17(13-15)16-9-7-8-10-18(16)22(19)6-2/h7-13,21H,5-6,14H2,1-4H3. The molecule has 0 radical (unpaired) electrons. The molecule has 1 N–H and O–H groups in total. The molecule has 0 atom stereocenters. The Morgan fingerprint density at radius 2 is 1.68 bits per heavy atom. The number of hydrogen-bond donors (Lipinski definition) is 1. The fraction of sp³-hybridized carbons (Fsp3) is 0.400. The largest absolute Gasteiger partial charge is 0.341 e. The summed E-state index contributed by atoms with van der Waals surface area (Å²) in [4.78, 5) is 0. The van der Waals surface area contributed by atoms with E-state index in [0.29, 0.717) is 0 Å². The highest BCUT2D eigenvalue weighted by Gasteiger charge is 2.14. The Hall–Kier alpha value is -1.80. The van der Waals surface area contributed by atoms with Crippen LogP contribution in [0.5, 0.6) is 0 Å². The smallest absolute Gasteiger partial charge is 0.0491 e. The van der Waals surface area contributed by atoms with Gasteiger partial charge in [-0.05, 0) is 51.0 Å². The lowest BCUT2D eigenvalue weighted by Crippen LogP contribution is -2.37. The van der Waals surface area contributed by atoms with Crippen LogP contribution in [0.1, 0.15) is 39.7 Å². The number of fused-ring (bicyclic) bond motifs is 3. The lowest BCUT2D eigenvalue weighted by atomic mass is 10.0. The van der Waals surface area contributed by atoms with Crippen molar-refractivity contribution >= 4 is 21.8 Å². The van der Waals surface area contributed by atoms with Gasteiger partial charge in [0.15, 0.2) is 0 Å². The molecule has 0 bridgehead atoms. The monoisotopic (exact) mass is 294 g/mol. The maximum Gasteiger partial charge on any atom is 0.0491 e. The highest BCUT2D eigenvalue weighted by atomic mass is 15.0. The molecule has 3 aromatic rings. The van der Waals surface area contributed by atoms with E-state index in [9.17, 15) is 0 Å². The SMILES string of the molecule is CCn1c2ccccc2c2cc(CNC(C)(C)CC)ccc21. The summed E-state index contributed by atoms with van der Waals surface area (Å²) >= 11 is 0. The number of aryl methyl sites for hydroxylation is 1. The zero-order valence-corrected chi connectivity index (χ0v) is 14.1. The second-order valence-corrected chi connectivity index (χ2v) is 6.70. The van der Waals surface area contributed by atoms with Crippen LogP contribution in [-0.2, 0) is 13.1 Å². The lowest BCUT2D eigenvalue weighted by molar-refractivity contribution is 0.374. The molecule has 0 saturated carbocycles. The summed E-state index contributed by atoms with van der Waals surface area (Å²) in [6.45, 7) is 10.9. The molecule has 0 saturated heterocycles. The van der Waals surface area contributed by atoms with E-state index in [1.54, 1.807) is 0 Å². The molecule has 0 amide bonds. The van der Waals surface area contributed by atoms with Gasteiger partial charge in [-0.25, -0.2) is 0 Å². The van der Waals surface area contributed by atoms with Crippen LogP contribution >= 0.6 is 0 Å². The van der Waals surface area contributed by atoms with Gasteiger partial charge in [-0.1, -0.05) is 31.2 Å². The van der Waals surface area contributed by atoms with Crippen LogP contribution in [0.25, 0.3) is 21.8 Å². The number of rotatable bonds is 5. The number of aromatic nitrogens is 1. The van der Waals surface area contributed by atoms with E-state index in [-0.39, 0.29) is 5.54 Å². The molecule has 0 aliphatic carbocycles. The predicted octanol–water partition coefficient (Wildman–Crippen LogP) is 5.09. The summed E-state index contributed by atoms with van der Waals surface area (Å²) in [5.74, 6) is 0. The highest BCUT2D eigenvalue weighted by molar-refractivity contribution is 6.08. The van der Waals surface area contributed by atoms with Crippen molar-refractivity contribution in [3.8, 4) is 0 Å². The third-order valence-corrected chi connectivity index (χ3v) is 4.81. The van der Waals surface area contributed by atoms with Crippen molar-refractivity contribution in [2.45, 2.75) is 52.7 Å². The van der Waals surface area contributed by atoms with Gasteiger partial charge in [0.1, 0.15) is 0 Å². The zero-order chi connectivity index (χ0) is 15.7. The van der Waals surface area contributed by atoms with Crippen LogP contribution in [0.4, 0.5) is 0 Å². The van der Waals surface area contributed by atoms with Crippen LogP contribution in [0, 0.1) is 0 Å². The topological polar surface area (TPSA) is 17.0 Å². The van der Waals surface area contributed by atoms with E-state index in [1.807, 2.05) is 0 Å². The second-order valence-electron chi connectivity index (χ2n) is 6.70. The number of para-hydroxylation sites is 1. The fourth-order valence-electron chi connectivity index (χ4n) is 3.02. The molecule has 1 heterocycles. The summed E-state index contributed by atoms with van der Waals surface area (Å²) in [5.41, 5.74) is 4.21. The van der Waals surface area contributed by atoms with Crippen LogP contribution in [-0.4, -0.2) is 10.1 Å². The Labute approximate surface area is 133 Å². The molecule has 0 aliphatic rings. The highest BCUT2D eigenvalue weighted by Crippen LogP contribution is 2.29. The Balaban J connectivity index is 2.04. The van der Waals surface area contributed by atoms with Crippen molar-refractivity contribution in [2.75, 3.05) is 0 Å². The van der Waals surface area contributed by atoms with Gasteiger partial charge in [-0.15, -0.1) is 0 Å². The number of nitrogens with zero attached hydrogens (tertiary/aromatic N) is 1. The Kier molecular flexibility index (Phi) is 3.96. The first-order chi connectivity index (χ1) is 10.6. The van der Waals surface area contributed by atoms with Crippen LogP contribution in [0.15, 0.2) is 42.5 Å². The quantitative estimate of drug-likeness (QED) is 0.693. The summed E-state index contributed by atoms with van der Waals surface area (Å²) in [7, 11) is 0. The fourth-order valence-corrected chi connectivity index (χ4v) is 3.02. The van der Waals surface area contributed by atoms with Gasteiger partial charge in [0, 0.05) is 40.4 Å². The van der Waals surface area contributed by atoms with E-state index in [2.05, 4.69) is 80.0 Å². The van der Waals surface area contributed by atoms with Gasteiger partial charge in [0.05, 0.1) is 0 Å². The van der Waals surface area contributed by atoms with E-state index in [0.717, 1.165) is 19.5 Å². The summed E-state index contributed by atoms with van der Waals surface area (Å²) in [5, 5.41) is 6.38. The van der Waals surface area contributed by atoms with E-state index >= 15 is 0 Å². The van der Waals surface area contributed by atoms with Crippen molar-refractivity contribution in [2.24, 2.45) is 0 Å². The maximum atomic E-state index is 3.65. The molecular weight excluding hydrogens is 268 g/mol. The van der Waals surface area contributed by atoms with Crippen molar-refractivity contribution in [3.05, 3.63) is 48.0 Å². The molecule has 116 valence electrons. The summed E-state index contributed by atoms with van der Waals surface area (Å²) in [6, 6.07) is 15.6. The molecule has 22 heavy (non-hydrogen) atoms. The first-order valence-corrected chi connectivity index (χ1v) is 8.30. The van der Waals surface area contributed by atoms with Crippen LogP contribution in [0.3, 0.4) is 0 Å². The van der Waals surface area contributed by atoms with Crippen molar-refractivity contribution in [1.29, 1.82) is 0 Å². The molecule has 0 fully saturated rings. The maximum absolute atomic E-state index is 3.65. The van der Waals surface area contributed by atoms with Crippen LogP contribution < -0.4 is 5.32 Å². The first kappa shape index (κ1) is 15.1. The predicted molar refractivity (Wildman–Crippen MR) is 96.3 cm³/mol. The molecule has 0 aliphatic heterocycles. The molecule has 2 aromatic carbocycles. The third kappa shape index (κ3) is 2.64. The number of hydrogen-bond acceptors (Lipinski definition) is 1. The molecule has 2 heteroatoms. The summed E-state index contributed by atoms with van der Waals surface area (Å²) in [6.07, 6.45) is 1.13. The Morgan fingerprint density at radius 1 is 0.955 bits per heavy atom. The van der Waals surface area contributed by atoms with E-state index in [1.165, 1.54) is 27.4 Å². The Bertz CT molecular complexity index is 796. The molecule has 2 nitrogen and oxygen atoms in total. The first-order valence-electron chi connectivity index (χ1n) is 8.30. The van der Waals surface area contributed by atoms with Crippen molar-refractivity contribution in [1.82, 2.24) is 9.88 Å². The minimum absolute atomic E-state index is 0.187. The lowest BCUT2D eigenvalue weighted by Gasteiger charge is -2.24. The molecule has 0 spiro atoms. The van der Waals surface area contributed by atoms with E-state index < -0.39 is 0 Å². The third-order valence-electron chi connectivity index (χ3n) is 4.81.